The smallest absolute Gasteiger partial charge is 0.0603 e. The molecule has 1 aliphatic heterocycles. The predicted molar refractivity (Wildman–Crippen MR) is 70.5 cm³/mol. The number of hydrogen-bond acceptors (Lipinski definition) is 1. The van der Waals surface area contributed by atoms with Crippen molar-refractivity contribution in [2.75, 3.05) is 6.61 Å². The van der Waals surface area contributed by atoms with E-state index in [0.29, 0.717) is 6.10 Å². The van der Waals surface area contributed by atoms with Gasteiger partial charge in [-0.05, 0) is 43.4 Å². The Kier molecular flexibility index (Phi) is 9.55. The molecule has 1 nitrogen and oxygen atoms in total. The molecule has 0 aromatic carbocycles. The molecule has 0 aromatic heterocycles. The van der Waals surface area contributed by atoms with Crippen LogP contribution in [0, 0.1) is 17.8 Å². The molecule has 2 atom stereocenters. The van der Waals surface area contributed by atoms with Crippen LogP contribution in [0.1, 0.15) is 52.4 Å². The third-order valence-corrected chi connectivity index (χ3v) is 4.13. The molecule has 1 heterocycles. The van der Waals surface area contributed by atoms with Crippen molar-refractivity contribution in [1.29, 1.82) is 0 Å². The fraction of sp³-hybridized carbons (Fsp3) is 0.867. The van der Waals surface area contributed by atoms with Gasteiger partial charge in [0.1, 0.15) is 0 Å². The summed E-state index contributed by atoms with van der Waals surface area (Å²) in [7, 11) is 0. The third-order valence-electron chi connectivity index (χ3n) is 4.13. The van der Waals surface area contributed by atoms with Gasteiger partial charge in [-0.25, -0.2) is 0 Å². The van der Waals surface area contributed by atoms with Gasteiger partial charge in [0.05, 0.1) is 6.10 Å². The molecule has 100 valence electrons. The van der Waals surface area contributed by atoms with Crippen LogP contribution in [0.15, 0.2) is 13.2 Å². The first kappa shape index (κ1) is 17.4. The molecule has 1 aliphatic carbocycles. The monoisotopic (exact) mass is 408 g/mol. The second kappa shape index (κ2) is 9.34. The Bertz CT molecular complexity index is 159. The van der Waals surface area contributed by atoms with Crippen molar-refractivity contribution in [1.82, 2.24) is 0 Å². The van der Waals surface area contributed by atoms with Gasteiger partial charge >= 0.3 is 0 Å². The molecular formula is C15H28OW. The first-order chi connectivity index (χ1) is 7.75. The third kappa shape index (κ3) is 5.70. The van der Waals surface area contributed by atoms with E-state index in [1.54, 1.807) is 0 Å². The zero-order chi connectivity index (χ0) is 12.0. The maximum absolute atomic E-state index is 5.96. The Balaban J connectivity index is 0.000000811. The van der Waals surface area contributed by atoms with Crippen LogP contribution in [0.2, 0.25) is 0 Å². The number of rotatable bonds is 1. The summed E-state index contributed by atoms with van der Waals surface area (Å²) in [6, 6.07) is 0. The van der Waals surface area contributed by atoms with Crippen LogP contribution in [-0.4, -0.2) is 12.7 Å². The summed E-state index contributed by atoms with van der Waals surface area (Å²) in [5, 5.41) is 0. The summed E-state index contributed by atoms with van der Waals surface area (Å²) < 4.78 is 5.96. The molecule has 0 aromatic rings. The molecule has 2 rings (SSSR count). The number of hydrogen-bond donors (Lipinski definition) is 0. The fourth-order valence-electron chi connectivity index (χ4n) is 2.93. The molecule has 1 saturated carbocycles. The zero-order valence-corrected chi connectivity index (χ0v) is 14.4. The van der Waals surface area contributed by atoms with Gasteiger partial charge in [-0.2, -0.15) is 0 Å². The summed E-state index contributed by atoms with van der Waals surface area (Å²) >= 11 is 0. The molecule has 0 amide bonds. The van der Waals surface area contributed by atoms with Crippen LogP contribution < -0.4 is 0 Å². The van der Waals surface area contributed by atoms with Crippen LogP contribution in [-0.2, 0) is 25.8 Å². The topological polar surface area (TPSA) is 9.23 Å². The Morgan fingerprint density at radius 1 is 0.824 bits per heavy atom. The first-order valence-electron chi connectivity index (χ1n) is 6.87. The minimum absolute atomic E-state index is 0. The molecule has 2 unspecified atom stereocenters. The SMILES string of the molecule is C=C.CC1CCC(C2CCC(C)CO2)CC1.[W]. The van der Waals surface area contributed by atoms with Crippen molar-refractivity contribution in [2.45, 2.75) is 58.5 Å². The second-order valence-corrected chi connectivity index (χ2v) is 5.57. The van der Waals surface area contributed by atoms with Crippen LogP contribution in [0.5, 0.6) is 0 Å². The van der Waals surface area contributed by atoms with Crippen LogP contribution >= 0.6 is 0 Å². The maximum Gasteiger partial charge on any atom is 0.0603 e. The molecule has 2 aliphatic rings. The zero-order valence-electron chi connectivity index (χ0n) is 11.5. The Labute approximate surface area is 122 Å². The Morgan fingerprint density at radius 2 is 1.35 bits per heavy atom. The van der Waals surface area contributed by atoms with E-state index in [1.165, 1.54) is 38.5 Å². The molecule has 0 spiro atoms. The first-order valence-corrected chi connectivity index (χ1v) is 6.87. The largest absolute Gasteiger partial charge is 0.378 e. The van der Waals surface area contributed by atoms with Gasteiger partial charge in [-0.1, -0.05) is 26.7 Å². The predicted octanol–water partition coefficient (Wildman–Crippen LogP) is 4.43. The molecule has 2 fully saturated rings. The van der Waals surface area contributed by atoms with Crippen LogP contribution in [0.4, 0.5) is 0 Å². The average Bonchev–Trinajstić information content (AvgIpc) is 2.34. The maximum atomic E-state index is 5.96. The summed E-state index contributed by atoms with van der Waals surface area (Å²) in [4.78, 5) is 0. The summed E-state index contributed by atoms with van der Waals surface area (Å²) in [5.74, 6) is 2.65. The van der Waals surface area contributed by atoms with Crippen molar-refractivity contribution in [2.24, 2.45) is 17.8 Å². The minimum Gasteiger partial charge on any atom is -0.378 e. The van der Waals surface area contributed by atoms with E-state index in [0.717, 1.165) is 24.4 Å². The molecule has 1 saturated heterocycles. The molecule has 2 heteroatoms. The normalized spacial score (nSPS) is 37.3. The van der Waals surface area contributed by atoms with Gasteiger partial charge in [0.2, 0.25) is 0 Å². The molecule has 0 N–H and O–H groups in total. The number of ether oxygens (including phenoxy) is 1. The molecule has 0 bridgehead atoms. The van der Waals surface area contributed by atoms with E-state index in [9.17, 15) is 0 Å². The second-order valence-electron chi connectivity index (χ2n) is 5.57. The fourth-order valence-corrected chi connectivity index (χ4v) is 2.93. The van der Waals surface area contributed by atoms with Crippen molar-refractivity contribution in [3.05, 3.63) is 13.2 Å². The quantitative estimate of drug-likeness (QED) is 0.584. The van der Waals surface area contributed by atoms with Gasteiger partial charge in [-0.15, -0.1) is 13.2 Å². The van der Waals surface area contributed by atoms with Gasteiger partial charge in [-0.3, -0.25) is 0 Å². The van der Waals surface area contributed by atoms with E-state index in [4.69, 9.17) is 4.74 Å². The average molecular weight is 408 g/mol. The Morgan fingerprint density at radius 3 is 1.82 bits per heavy atom. The van der Waals surface area contributed by atoms with Crippen molar-refractivity contribution in [3.63, 3.8) is 0 Å². The molecular weight excluding hydrogens is 380 g/mol. The molecule has 17 heavy (non-hydrogen) atoms. The standard InChI is InChI=1S/C13H24O.C2H4.W/c1-10-3-6-12(7-4-10)13-8-5-11(2)9-14-13;1-2;/h10-13H,3-9H2,1-2H3;1-2H2;. The van der Waals surface area contributed by atoms with E-state index < -0.39 is 0 Å². The Hall–Kier alpha value is 0.388. The van der Waals surface area contributed by atoms with E-state index >= 15 is 0 Å². The molecule has 0 radical (unpaired) electrons. The van der Waals surface area contributed by atoms with Crippen LogP contribution in [0.25, 0.3) is 0 Å². The van der Waals surface area contributed by atoms with Crippen LogP contribution in [0.3, 0.4) is 0 Å². The van der Waals surface area contributed by atoms with E-state index in [-0.39, 0.29) is 21.1 Å². The summed E-state index contributed by atoms with van der Waals surface area (Å²) in [6.07, 6.45) is 9.01. The van der Waals surface area contributed by atoms with Gasteiger partial charge in [0.15, 0.2) is 0 Å². The van der Waals surface area contributed by atoms with Gasteiger partial charge in [0.25, 0.3) is 0 Å². The van der Waals surface area contributed by atoms with E-state index in [2.05, 4.69) is 27.0 Å². The minimum atomic E-state index is 0. The van der Waals surface area contributed by atoms with Crippen molar-refractivity contribution in [3.8, 4) is 0 Å². The summed E-state index contributed by atoms with van der Waals surface area (Å²) in [5.41, 5.74) is 0. The van der Waals surface area contributed by atoms with E-state index in [1.807, 2.05) is 0 Å². The van der Waals surface area contributed by atoms with Gasteiger partial charge in [0, 0.05) is 27.7 Å². The van der Waals surface area contributed by atoms with Crippen molar-refractivity contribution >= 4 is 0 Å². The van der Waals surface area contributed by atoms with Crippen molar-refractivity contribution < 1.29 is 25.8 Å². The summed E-state index contributed by atoms with van der Waals surface area (Å²) in [6.45, 7) is 11.7. The van der Waals surface area contributed by atoms with Gasteiger partial charge < -0.3 is 4.74 Å².